The van der Waals surface area contributed by atoms with Gasteiger partial charge in [0.15, 0.2) is 12.6 Å². The molecule has 1 atom stereocenters. The van der Waals surface area contributed by atoms with Crippen molar-refractivity contribution in [2.45, 2.75) is 24.5 Å². The summed E-state index contributed by atoms with van der Waals surface area (Å²) in [5.74, 6) is -0.426. The number of quaternary nitrogens is 1. The third-order valence-electron chi connectivity index (χ3n) is 7.09. The third kappa shape index (κ3) is 4.95. The Morgan fingerprint density at radius 2 is 1.61 bits per heavy atom. The highest BCUT2D eigenvalue weighted by molar-refractivity contribution is 5.85. The van der Waals surface area contributed by atoms with E-state index in [1.54, 1.807) is 55.6 Å². The molecule has 0 saturated carbocycles. The zero-order chi connectivity index (χ0) is 23.3. The molecule has 0 spiro atoms. The molecule has 0 unspecified atom stereocenters. The van der Waals surface area contributed by atoms with Crippen LogP contribution in [0, 0.1) is 5.92 Å². The van der Waals surface area contributed by atoms with Gasteiger partial charge in [0.05, 0.1) is 19.7 Å². The van der Waals surface area contributed by atoms with E-state index in [1.165, 1.54) is 0 Å². The van der Waals surface area contributed by atoms with E-state index in [9.17, 15) is 14.7 Å². The molecule has 5 rings (SSSR count). The number of nitrogens with one attached hydrogen (secondary N) is 1. The summed E-state index contributed by atoms with van der Waals surface area (Å²) in [5.41, 5.74) is -0.940. The molecular weight excluding hydrogens is 420 g/mol. The van der Waals surface area contributed by atoms with Crippen molar-refractivity contribution in [3.63, 3.8) is 0 Å². The fourth-order valence-corrected chi connectivity index (χ4v) is 5.21. The summed E-state index contributed by atoms with van der Waals surface area (Å²) in [5, 5.41) is 14.6. The first kappa shape index (κ1) is 23.4. The van der Waals surface area contributed by atoms with Crippen LogP contribution in [0.4, 0.5) is 0 Å². The maximum atomic E-state index is 13.5. The maximum absolute atomic E-state index is 13.5. The summed E-state index contributed by atoms with van der Waals surface area (Å²) in [6.45, 7) is 3.72. The van der Waals surface area contributed by atoms with Crippen LogP contribution in [-0.2, 0) is 24.7 Å². The minimum absolute atomic E-state index is 0.0115. The van der Waals surface area contributed by atoms with Gasteiger partial charge >= 0.3 is 5.97 Å². The molecule has 3 saturated heterocycles. The zero-order valence-corrected chi connectivity index (χ0v) is 19.1. The van der Waals surface area contributed by atoms with E-state index in [1.807, 2.05) is 12.1 Å². The molecule has 0 aliphatic carbocycles. The number of esters is 1. The molecule has 0 aromatic heterocycles. The van der Waals surface area contributed by atoms with Gasteiger partial charge in [0.1, 0.15) is 6.54 Å². The lowest BCUT2D eigenvalue weighted by atomic mass is 9.82. The molecule has 176 valence electrons. The van der Waals surface area contributed by atoms with Crippen molar-refractivity contribution in [3.8, 4) is 0 Å². The number of carbonyl (C=O) groups excluding carboxylic acids is 2. The van der Waals surface area contributed by atoms with E-state index in [0.717, 1.165) is 25.9 Å². The van der Waals surface area contributed by atoms with Gasteiger partial charge in [0.25, 0.3) is 5.91 Å². The minimum atomic E-state index is -1.89. The van der Waals surface area contributed by atoms with Crippen molar-refractivity contribution in [2.24, 2.45) is 5.92 Å². The summed E-state index contributed by atoms with van der Waals surface area (Å²) in [7, 11) is 1.61. The second-order valence-electron chi connectivity index (χ2n) is 9.20. The van der Waals surface area contributed by atoms with Gasteiger partial charge in [0.2, 0.25) is 5.60 Å². The van der Waals surface area contributed by atoms with E-state index >= 15 is 0 Å². The average Bonchev–Trinajstić information content (AvgIpc) is 2.85. The first-order valence-corrected chi connectivity index (χ1v) is 11.6. The van der Waals surface area contributed by atoms with Gasteiger partial charge in [-0.1, -0.05) is 60.7 Å². The van der Waals surface area contributed by atoms with E-state index < -0.39 is 11.6 Å². The predicted molar refractivity (Wildman–Crippen MR) is 123 cm³/mol. The largest absolute Gasteiger partial charge is 0.453 e. The summed E-state index contributed by atoms with van der Waals surface area (Å²) in [6, 6.07) is 17.8. The van der Waals surface area contributed by atoms with Gasteiger partial charge in [-0.3, -0.25) is 4.79 Å². The molecule has 2 aromatic rings. The number of amides is 1. The van der Waals surface area contributed by atoms with Gasteiger partial charge in [-0.05, 0) is 11.1 Å². The topological polar surface area (TPSA) is 84.9 Å². The lowest BCUT2D eigenvalue weighted by molar-refractivity contribution is -0.939. The summed E-state index contributed by atoms with van der Waals surface area (Å²) < 4.78 is 11.7. The summed E-state index contributed by atoms with van der Waals surface area (Å²) in [4.78, 5) is 26.0. The summed E-state index contributed by atoms with van der Waals surface area (Å²) in [6.07, 6.45) is 1.47. The fourth-order valence-electron chi connectivity index (χ4n) is 5.21. The Morgan fingerprint density at radius 3 is 2.15 bits per heavy atom. The highest BCUT2D eigenvalue weighted by Gasteiger charge is 2.51. The van der Waals surface area contributed by atoms with Crippen molar-refractivity contribution in [1.82, 2.24) is 5.32 Å². The monoisotopic (exact) mass is 453 g/mol. The number of carbonyl (C=O) groups is 2. The second kappa shape index (κ2) is 10.0. The van der Waals surface area contributed by atoms with Crippen molar-refractivity contribution in [2.75, 3.05) is 46.4 Å². The standard InChI is InChI=1S/C26H32N2O5/c1-32-17-14-27-24(29)19-28-15-12-20(13-16-28)23(18-28)33-25(30)26(31,21-8-4-2-5-9-21)22-10-6-3-7-11-22/h2-11,20,23,31H,12-19H2,1H3/p+1/t20?,23-,28?/m0/s1. The SMILES string of the molecule is COCCNC(=O)C[N+]12CCC(CC1)[C@@H](OC(=O)C(O)(c1ccccc1)c1ccccc1)C2. The molecule has 3 heterocycles. The highest BCUT2D eigenvalue weighted by Crippen LogP contribution is 2.38. The fraction of sp³-hybridized carbons (Fsp3) is 0.462. The van der Waals surface area contributed by atoms with Crippen LogP contribution in [-0.4, -0.2) is 74.0 Å². The number of hydrogen-bond donors (Lipinski definition) is 2. The smallest absolute Gasteiger partial charge is 0.348 e. The number of hydrogen-bond acceptors (Lipinski definition) is 5. The molecule has 3 aliphatic heterocycles. The third-order valence-corrected chi connectivity index (χ3v) is 7.09. The molecule has 3 fully saturated rings. The molecule has 2 bridgehead atoms. The zero-order valence-electron chi connectivity index (χ0n) is 19.1. The Hall–Kier alpha value is -2.74. The number of piperidine rings is 3. The van der Waals surface area contributed by atoms with E-state index in [-0.39, 0.29) is 17.9 Å². The van der Waals surface area contributed by atoms with Crippen LogP contribution >= 0.6 is 0 Å². The van der Waals surface area contributed by atoms with Gasteiger partial charge in [-0.25, -0.2) is 4.79 Å². The van der Waals surface area contributed by atoms with Crippen LogP contribution in [0.2, 0.25) is 0 Å². The number of fused-ring (bicyclic) bond motifs is 3. The molecule has 0 radical (unpaired) electrons. The Kier molecular flexibility index (Phi) is 7.12. The van der Waals surface area contributed by atoms with Gasteiger partial charge < -0.3 is 24.4 Å². The number of benzene rings is 2. The number of nitrogens with zero attached hydrogens (tertiary/aromatic N) is 1. The number of rotatable bonds is 9. The van der Waals surface area contributed by atoms with E-state index in [4.69, 9.17) is 9.47 Å². The minimum Gasteiger partial charge on any atom is -0.453 e. The maximum Gasteiger partial charge on any atom is 0.348 e. The van der Waals surface area contributed by atoms with Crippen molar-refractivity contribution >= 4 is 11.9 Å². The first-order valence-electron chi connectivity index (χ1n) is 11.6. The van der Waals surface area contributed by atoms with Gasteiger partial charge in [-0.15, -0.1) is 0 Å². The Morgan fingerprint density at radius 1 is 1.03 bits per heavy atom. The molecular formula is C26H33N2O5+. The molecule has 7 heteroatoms. The Bertz CT molecular complexity index is 902. The molecule has 2 N–H and O–H groups in total. The normalized spacial score (nSPS) is 24.3. The van der Waals surface area contributed by atoms with Crippen LogP contribution < -0.4 is 5.32 Å². The molecule has 7 nitrogen and oxygen atoms in total. The number of aliphatic hydroxyl groups is 1. The molecule has 3 aliphatic rings. The first-order chi connectivity index (χ1) is 16.0. The van der Waals surface area contributed by atoms with Gasteiger partial charge in [-0.2, -0.15) is 0 Å². The lowest BCUT2D eigenvalue weighted by Crippen LogP contribution is -2.67. The van der Waals surface area contributed by atoms with Crippen LogP contribution in [0.15, 0.2) is 60.7 Å². The molecule has 33 heavy (non-hydrogen) atoms. The average molecular weight is 454 g/mol. The second-order valence-corrected chi connectivity index (χ2v) is 9.20. The van der Waals surface area contributed by atoms with Crippen LogP contribution in [0.1, 0.15) is 24.0 Å². The van der Waals surface area contributed by atoms with Crippen molar-refractivity contribution in [3.05, 3.63) is 71.8 Å². The Balaban J connectivity index is 1.51. The number of methoxy groups -OCH3 is 1. The van der Waals surface area contributed by atoms with Crippen LogP contribution in [0.25, 0.3) is 0 Å². The van der Waals surface area contributed by atoms with Crippen molar-refractivity contribution in [1.29, 1.82) is 0 Å². The number of ether oxygens (including phenoxy) is 2. The predicted octanol–water partition coefficient (Wildman–Crippen LogP) is 1.84. The van der Waals surface area contributed by atoms with Crippen molar-refractivity contribution < 1.29 is 28.7 Å². The van der Waals surface area contributed by atoms with Crippen LogP contribution in [0.3, 0.4) is 0 Å². The van der Waals surface area contributed by atoms with E-state index in [2.05, 4.69) is 5.32 Å². The van der Waals surface area contributed by atoms with Gasteiger partial charge in [0, 0.05) is 32.4 Å². The Labute approximate surface area is 194 Å². The van der Waals surface area contributed by atoms with E-state index in [0.29, 0.717) is 41.9 Å². The molecule has 1 amide bonds. The summed E-state index contributed by atoms with van der Waals surface area (Å²) >= 11 is 0. The quantitative estimate of drug-likeness (QED) is 0.344. The van der Waals surface area contributed by atoms with Crippen LogP contribution in [0.5, 0.6) is 0 Å². The lowest BCUT2D eigenvalue weighted by Gasteiger charge is -2.51. The highest BCUT2D eigenvalue weighted by atomic mass is 16.6. The molecule has 2 aromatic carbocycles.